The molecule has 6 atom stereocenters. The van der Waals surface area contributed by atoms with Gasteiger partial charge in [-0.2, -0.15) is 5.10 Å². The van der Waals surface area contributed by atoms with Gasteiger partial charge in [-0.15, -0.1) is 0 Å². The SMILES string of the molecule is COc1cc2c3c(c1)c(C(C)=O)nn3CC(=O)N1[C@H](C(=O)NBr)C3C4[C@@H]1[C@@]34CNC(=O)C[C@H](C)CCCC2. The summed E-state index contributed by atoms with van der Waals surface area (Å²) in [5, 5.41) is 8.37. The fraction of sp³-hybridized carbons (Fsp3) is 0.593. The summed E-state index contributed by atoms with van der Waals surface area (Å²) in [5.41, 5.74) is 1.81. The van der Waals surface area contributed by atoms with E-state index in [4.69, 9.17) is 4.74 Å². The van der Waals surface area contributed by atoms with E-state index in [1.807, 2.05) is 6.07 Å². The highest BCUT2D eigenvalue weighted by atomic mass is 79.9. The molecule has 2 aliphatic carbocycles. The number of nitrogens with zero attached hydrogens (tertiary/aromatic N) is 3. The molecule has 4 fully saturated rings. The van der Waals surface area contributed by atoms with Crippen LogP contribution in [0.5, 0.6) is 5.75 Å². The number of halogens is 1. The fourth-order valence-corrected chi connectivity index (χ4v) is 7.58. The summed E-state index contributed by atoms with van der Waals surface area (Å²) < 4.78 is 9.71. The first kappa shape index (κ1) is 25.3. The molecule has 3 aliphatic heterocycles. The molecule has 7 rings (SSSR count). The van der Waals surface area contributed by atoms with E-state index in [-0.39, 0.29) is 59.3 Å². The molecule has 1 aromatic heterocycles. The van der Waals surface area contributed by atoms with Gasteiger partial charge in [0.15, 0.2) is 5.78 Å². The van der Waals surface area contributed by atoms with Gasteiger partial charge < -0.3 is 15.0 Å². The van der Waals surface area contributed by atoms with Crippen molar-refractivity contribution >= 4 is 50.6 Å². The number of hydrogen-bond acceptors (Lipinski definition) is 6. The zero-order valence-electron chi connectivity index (χ0n) is 21.8. The quantitative estimate of drug-likeness (QED) is 0.421. The Labute approximate surface area is 229 Å². The van der Waals surface area contributed by atoms with Gasteiger partial charge in [-0.1, -0.05) is 19.8 Å². The Balaban J connectivity index is 1.41. The lowest BCUT2D eigenvalue weighted by Gasteiger charge is -2.23. The number of benzene rings is 1. The second-order valence-electron chi connectivity index (χ2n) is 11.4. The number of hydrogen-bond donors (Lipinski definition) is 2. The van der Waals surface area contributed by atoms with Crippen LogP contribution in [0, 0.1) is 23.2 Å². The van der Waals surface area contributed by atoms with Crippen LogP contribution in [-0.4, -0.2) is 63.9 Å². The number of amides is 3. The molecule has 2 saturated carbocycles. The van der Waals surface area contributed by atoms with E-state index in [1.54, 1.807) is 22.8 Å². The van der Waals surface area contributed by atoms with Crippen LogP contribution in [0.2, 0.25) is 0 Å². The molecule has 5 aliphatic rings. The third-order valence-corrected chi connectivity index (χ3v) is 9.55. The second kappa shape index (κ2) is 9.07. The van der Waals surface area contributed by atoms with Gasteiger partial charge in [-0.25, -0.2) is 0 Å². The smallest absolute Gasteiger partial charge is 0.252 e. The molecule has 0 radical (unpaired) electrons. The Morgan fingerprint density at radius 2 is 2.03 bits per heavy atom. The molecular formula is C27H32BrN5O5. The molecule has 4 bridgehead atoms. The molecule has 38 heavy (non-hydrogen) atoms. The molecule has 1 aromatic carbocycles. The van der Waals surface area contributed by atoms with E-state index in [9.17, 15) is 19.2 Å². The van der Waals surface area contributed by atoms with Gasteiger partial charge in [0.2, 0.25) is 11.8 Å². The number of carbonyl (C=O) groups excluding carboxylic acids is 4. The highest BCUT2D eigenvalue weighted by molar-refractivity contribution is 9.08. The molecular weight excluding hydrogens is 554 g/mol. The van der Waals surface area contributed by atoms with Crippen LogP contribution in [0.3, 0.4) is 0 Å². The van der Waals surface area contributed by atoms with E-state index in [0.29, 0.717) is 29.8 Å². The van der Waals surface area contributed by atoms with Gasteiger partial charge >= 0.3 is 0 Å². The van der Waals surface area contributed by atoms with Crippen LogP contribution in [0.15, 0.2) is 12.1 Å². The van der Waals surface area contributed by atoms with E-state index in [0.717, 1.165) is 36.8 Å². The van der Waals surface area contributed by atoms with E-state index in [1.165, 1.54) is 6.92 Å². The minimum Gasteiger partial charge on any atom is -0.497 e. The first-order valence-electron chi connectivity index (χ1n) is 13.3. The van der Waals surface area contributed by atoms with Gasteiger partial charge in [0.25, 0.3) is 5.91 Å². The summed E-state index contributed by atoms with van der Waals surface area (Å²) in [6, 6.07) is 3.09. The molecule has 2 N–H and O–H groups in total. The van der Waals surface area contributed by atoms with Crippen molar-refractivity contribution in [2.45, 2.75) is 64.6 Å². The van der Waals surface area contributed by atoms with Gasteiger partial charge in [-0.05, 0) is 42.4 Å². The molecule has 3 amide bonds. The minimum absolute atomic E-state index is 0.0268. The number of Topliss-reactive ketones (excluding diaryl/α,β-unsaturated/α-hetero) is 1. The number of aromatic nitrogens is 2. The average molecular weight is 586 g/mol. The number of rotatable bonds is 3. The first-order chi connectivity index (χ1) is 18.2. The number of methoxy groups -OCH3 is 1. The van der Waals surface area contributed by atoms with Crippen molar-refractivity contribution in [1.82, 2.24) is 24.3 Å². The van der Waals surface area contributed by atoms with Crippen LogP contribution in [0.1, 0.15) is 55.6 Å². The lowest BCUT2D eigenvalue weighted by molar-refractivity contribution is -0.138. The minimum atomic E-state index is -0.597. The van der Waals surface area contributed by atoms with Crippen LogP contribution >= 0.6 is 16.1 Å². The second-order valence-corrected chi connectivity index (χ2v) is 11.8. The Hall–Kier alpha value is -2.95. The number of piperidine rings is 1. The predicted molar refractivity (Wildman–Crippen MR) is 142 cm³/mol. The molecule has 4 heterocycles. The molecule has 2 unspecified atom stereocenters. The molecule has 10 nitrogen and oxygen atoms in total. The Bertz CT molecular complexity index is 1370. The van der Waals surface area contributed by atoms with Gasteiger partial charge in [0, 0.05) is 58.8 Å². The summed E-state index contributed by atoms with van der Waals surface area (Å²) in [6.45, 7) is 3.98. The molecule has 11 heteroatoms. The summed E-state index contributed by atoms with van der Waals surface area (Å²) in [4.78, 5) is 53.6. The maximum atomic E-state index is 13.8. The zero-order chi connectivity index (χ0) is 26.9. The maximum absolute atomic E-state index is 13.8. The van der Waals surface area contributed by atoms with Crippen molar-refractivity contribution in [2.24, 2.45) is 23.2 Å². The van der Waals surface area contributed by atoms with Crippen molar-refractivity contribution in [2.75, 3.05) is 13.7 Å². The monoisotopic (exact) mass is 585 g/mol. The third-order valence-electron chi connectivity index (χ3n) is 9.16. The lowest BCUT2D eigenvalue weighted by Crippen LogP contribution is -2.45. The fourth-order valence-electron chi connectivity index (χ4n) is 7.35. The van der Waals surface area contributed by atoms with Crippen molar-refractivity contribution in [1.29, 1.82) is 0 Å². The summed E-state index contributed by atoms with van der Waals surface area (Å²) in [5.74, 6) is 0.510. The largest absolute Gasteiger partial charge is 0.497 e. The molecule has 2 saturated heterocycles. The van der Waals surface area contributed by atoms with Crippen LogP contribution in [0.25, 0.3) is 10.9 Å². The molecule has 1 spiro atoms. The van der Waals surface area contributed by atoms with Crippen molar-refractivity contribution in [3.8, 4) is 5.75 Å². The Kier molecular flexibility index (Phi) is 6.04. The van der Waals surface area contributed by atoms with Crippen molar-refractivity contribution in [3.63, 3.8) is 0 Å². The number of nitrogens with one attached hydrogen (secondary N) is 2. The normalized spacial score (nSPS) is 32.3. The van der Waals surface area contributed by atoms with Crippen LogP contribution in [-0.2, 0) is 27.3 Å². The number of carbonyl (C=O) groups is 4. The average Bonchev–Trinajstić information content (AvgIpc) is 3.50. The predicted octanol–water partition coefficient (Wildman–Crippen LogP) is 2.37. The summed E-state index contributed by atoms with van der Waals surface area (Å²) >= 11 is 3.05. The number of ketones is 1. The first-order valence-corrected chi connectivity index (χ1v) is 14.1. The highest BCUT2D eigenvalue weighted by Crippen LogP contribution is 2.87. The highest BCUT2D eigenvalue weighted by Gasteiger charge is 2.96. The number of aryl methyl sites for hydroxylation is 1. The molecule has 202 valence electrons. The van der Waals surface area contributed by atoms with Gasteiger partial charge in [-0.3, -0.25) is 28.2 Å². The standard InChI is InChI=1S/C27H32BrN5O5/c1-13-6-4-5-7-15-9-16(38-3)10-17-22(14(2)34)31-32(23(15)17)11-19(36)33-24(26(37)30-28)20-21-25(33)27(20,21)12-29-18(35)8-13/h9-10,13,20-21,24-25H,4-8,11-12H2,1-3H3,(H,29,35)(H,30,37)/t13-,20?,21?,24+,25-,27+/m1/s1. The maximum Gasteiger partial charge on any atom is 0.252 e. The van der Waals surface area contributed by atoms with Gasteiger partial charge in [0.1, 0.15) is 24.0 Å². The Morgan fingerprint density at radius 1 is 1.24 bits per heavy atom. The lowest BCUT2D eigenvalue weighted by atomic mass is 9.96. The third kappa shape index (κ3) is 3.68. The van der Waals surface area contributed by atoms with Gasteiger partial charge in [0.05, 0.1) is 12.6 Å². The van der Waals surface area contributed by atoms with E-state index >= 15 is 0 Å². The van der Waals surface area contributed by atoms with E-state index < -0.39 is 6.04 Å². The topological polar surface area (TPSA) is 123 Å². The summed E-state index contributed by atoms with van der Waals surface area (Å²) in [7, 11) is 1.59. The zero-order valence-corrected chi connectivity index (χ0v) is 23.3. The van der Waals surface area contributed by atoms with Crippen LogP contribution in [0.4, 0.5) is 0 Å². The molecule has 2 aromatic rings. The Morgan fingerprint density at radius 3 is 2.74 bits per heavy atom. The summed E-state index contributed by atoms with van der Waals surface area (Å²) in [6.07, 6.45) is 3.95. The van der Waals surface area contributed by atoms with E-state index in [2.05, 4.69) is 37.8 Å². The van der Waals surface area contributed by atoms with Crippen LogP contribution < -0.4 is 14.4 Å². The van der Waals surface area contributed by atoms with Crippen molar-refractivity contribution < 1.29 is 23.9 Å². The number of ether oxygens (including phenoxy) is 1. The van der Waals surface area contributed by atoms with Crippen molar-refractivity contribution in [3.05, 3.63) is 23.4 Å².